The summed E-state index contributed by atoms with van der Waals surface area (Å²) in [7, 11) is 1.51. The second kappa shape index (κ2) is 10.6. The van der Waals surface area contributed by atoms with Crippen LogP contribution in [0.4, 0.5) is 5.69 Å². The van der Waals surface area contributed by atoms with Crippen LogP contribution in [0.2, 0.25) is 0 Å². The molecule has 174 valence electrons. The summed E-state index contributed by atoms with van der Waals surface area (Å²) in [6, 6.07) is 9.33. The Morgan fingerprint density at radius 3 is 2.44 bits per heavy atom. The molecule has 0 saturated carbocycles. The quantitative estimate of drug-likeness (QED) is 0.632. The third kappa shape index (κ3) is 5.30. The number of carbonyl (C=O) groups is 1. The van der Waals surface area contributed by atoms with Crippen molar-refractivity contribution in [1.29, 1.82) is 0 Å². The van der Waals surface area contributed by atoms with E-state index >= 15 is 0 Å². The summed E-state index contributed by atoms with van der Waals surface area (Å²) in [5.41, 5.74) is 1.21. The molecule has 2 heterocycles. The number of para-hydroxylation sites is 1. The minimum absolute atomic E-state index is 0.0630. The van der Waals surface area contributed by atoms with Gasteiger partial charge in [-0.15, -0.1) is 0 Å². The van der Waals surface area contributed by atoms with E-state index in [1.807, 2.05) is 56.0 Å². The maximum Gasteiger partial charge on any atom is 0.335 e. The monoisotopic (exact) mass is 442 g/mol. The Kier molecular flexibility index (Phi) is 7.90. The molecule has 1 aliphatic heterocycles. The second-order valence-electron chi connectivity index (χ2n) is 8.58. The highest BCUT2D eigenvalue weighted by atomic mass is 16.5. The highest BCUT2D eigenvalue weighted by Gasteiger charge is 2.28. The Labute approximate surface area is 188 Å². The van der Waals surface area contributed by atoms with Crippen LogP contribution >= 0.6 is 0 Å². The van der Waals surface area contributed by atoms with Gasteiger partial charge in [0.2, 0.25) is 5.91 Å². The minimum Gasteiger partial charge on any atom is -0.379 e. The molecule has 3 rings (SSSR count). The maximum atomic E-state index is 13.0. The summed E-state index contributed by atoms with van der Waals surface area (Å²) < 4.78 is 8.24. The fourth-order valence-corrected chi connectivity index (χ4v) is 4.16. The number of hydrogen-bond donors (Lipinski definition) is 1. The van der Waals surface area contributed by atoms with Gasteiger partial charge < -0.3 is 15.0 Å². The third-order valence-corrected chi connectivity index (χ3v) is 5.93. The molecule has 0 radical (unpaired) electrons. The Hall–Kier alpha value is -2.87. The zero-order valence-corrected chi connectivity index (χ0v) is 19.5. The lowest BCUT2D eigenvalue weighted by molar-refractivity contribution is -0.125. The molecule has 1 aromatic carbocycles. The van der Waals surface area contributed by atoms with Crippen LogP contribution < -0.4 is 21.5 Å². The van der Waals surface area contributed by atoms with Crippen molar-refractivity contribution >= 4 is 11.6 Å². The van der Waals surface area contributed by atoms with Crippen LogP contribution in [0.3, 0.4) is 0 Å². The molecule has 32 heavy (non-hydrogen) atoms. The van der Waals surface area contributed by atoms with Gasteiger partial charge in [0.25, 0.3) is 5.56 Å². The molecule has 1 amide bonds. The van der Waals surface area contributed by atoms with Gasteiger partial charge >= 0.3 is 5.69 Å². The van der Waals surface area contributed by atoms with Crippen LogP contribution in [0.1, 0.15) is 38.8 Å². The molecule has 1 fully saturated rings. The standard InChI is InChI=1S/C24H34N4O4/c1-17(2)32-16-8-13-25-22(29)19-11-14-27(15-12-19)21-18(3)28(20-9-6-5-7-10-20)24(31)26(4)23(21)30/h5-7,9-10,17,19H,8,11-16H2,1-4H3,(H,25,29). The first-order chi connectivity index (χ1) is 15.3. The maximum absolute atomic E-state index is 13.0. The van der Waals surface area contributed by atoms with Crippen molar-refractivity contribution in [2.75, 3.05) is 31.1 Å². The number of nitrogens with zero attached hydrogens (tertiary/aromatic N) is 3. The normalized spacial score (nSPS) is 14.7. The minimum atomic E-state index is -0.363. The summed E-state index contributed by atoms with van der Waals surface area (Å²) in [6.45, 7) is 8.22. The van der Waals surface area contributed by atoms with Gasteiger partial charge in [-0.25, -0.2) is 4.79 Å². The highest BCUT2D eigenvalue weighted by Crippen LogP contribution is 2.24. The molecule has 0 aliphatic carbocycles. The zero-order valence-electron chi connectivity index (χ0n) is 19.5. The van der Waals surface area contributed by atoms with E-state index in [4.69, 9.17) is 4.74 Å². The van der Waals surface area contributed by atoms with Crippen molar-refractivity contribution in [2.45, 2.75) is 46.1 Å². The average Bonchev–Trinajstić information content (AvgIpc) is 2.78. The molecule has 1 aromatic heterocycles. The van der Waals surface area contributed by atoms with Crippen LogP contribution in [0.15, 0.2) is 39.9 Å². The Morgan fingerprint density at radius 1 is 1.16 bits per heavy atom. The summed E-state index contributed by atoms with van der Waals surface area (Å²) in [4.78, 5) is 40.3. The summed E-state index contributed by atoms with van der Waals surface area (Å²) in [5.74, 6) is -0.00506. The first-order valence-electron chi connectivity index (χ1n) is 11.3. The van der Waals surface area contributed by atoms with Gasteiger partial charge in [0.05, 0.1) is 17.5 Å². The largest absolute Gasteiger partial charge is 0.379 e. The van der Waals surface area contributed by atoms with E-state index in [0.717, 1.165) is 16.7 Å². The van der Waals surface area contributed by atoms with Crippen molar-refractivity contribution in [2.24, 2.45) is 13.0 Å². The number of hydrogen-bond acceptors (Lipinski definition) is 5. The van der Waals surface area contributed by atoms with E-state index in [-0.39, 0.29) is 29.2 Å². The number of anilines is 1. The van der Waals surface area contributed by atoms with Gasteiger partial charge in [0.15, 0.2) is 0 Å². The molecule has 0 atom stereocenters. The molecule has 0 bridgehead atoms. The van der Waals surface area contributed by atoms with Gasteiger partial charge in [-0.3, -0.25) is 18.7 Å². The van der Waals surface area contributed by atoms with Crippen LogP contribution in [0, 0.1) is 12.8 Å². The number of aromatic nitrogens is 2. The van der Waals surface area contributed by atoms with Crippen molar-refractivity contribution < 1.29 is 9.53 Å². The van der Waals surface area contributed by atoms with Crippen LogP contribution in [0.25, 0.3) is 5.69 Å². The summed E-state index contributed by atoms with van der Waals surface area (Å²) in [6.07, 6.45) is 2.32. The third-order valence-electron chi connectivity index (χ3n) is 5.93. The number of ether oxygens (including phenoxy) is 1. The molecule has 1 N–H and O–H groups in total. The average molecular weight is 443 g/mol. The van der Waals surface area contributed by atoms with Crippen LogP contribution in [-0.4, -0.2) is 47.4 Å². The molecule has 1 saturated heterocycles. The van der Waals surface area contributed by atoms with Crippen molar-refractivity contribution in [3.8, 4) is 5.69 Å². The van der Waals surface area contributed by atoms with Crippen molar-refractivity contribution in [3.63, 3.8) is 0 Å². The van der Waals surface area contributed by atoms with Crippen LogP contribution in [0.5, 0.6) is 0 Å². The number of rotatable bonds is 8. The van der Waals surface area contributed by atoms with Gasteiger partial charge in [-0.1, -0.05) is 18.2 Å². The molecular weight excluding hydrogens is 408 g/mol. The molecule has 0 spiro atoms. The van der Waals surface area contributed by atoms with E-state index in [1.165, 1.54) is 7.05 Å². The lowest BCUT2D eigenvalue weighted by Gasteiger charge is -2.34. The summed E-state index contributed by atoms with van der Waals surface area (Å²) >= 11 is 0. The molecule has 2 aromatic rings. The first-order valence-corrected chi connectivity index (χ1v) is 11.3. The zero-order chi connectivity index (χ0) is 23.3. The molecule has 1 aliphatic rings. The number of benzene rings is 1. The van der Waals surface area contributed by atoms with Gasteiger partial charge in [0.1, 0.15) is 5.69 Å². The van der Waals surface area contributed by atoms with E-state index in [9.17, 15) is 14.4 Å². The van der Waals surface area contributed by atoms with Gasteiger partial charge in [0, 0.05) is 39.2 Å². The van der Waals surface area contributed by atoms with Crippen molar-refractivity contribution in [3.05, 3.63) is 56.9 Å². The van der Waals surface area contributed by atoms with E-state index in [0.29, 0.717) is 50.5 Å². The predicted molar refractivity (Wildman–Crippen MR) is 126 cm³/mol. The number of carbonyl (C=O) groups excluding carboxylic acids is 1. The smallest absolute Gasteiger partial charge is 0.335 e. The Balaban J connectivity index is 1.69. The van der Waals surface area contributed by atoms with E-state index < -0.39 is 0 Å². The fraction of sp³-hybridized carbons (Fsp3) is 0.542. The van der Waals surface area contributed by atoms with Gasteiger partial charge in [-0.05, 0) is 52.2 Å². The number of nitrogens with one attached hydrogen (secondary N) is 1. The van der Waals surface area contributed by atoms with Gasteiger partial charge in [-0.2, -0.15) is 0 Å². The molecule has 8 nitrogen and oxygen atoms in total. The lowest BCUT2D eigenvalue weighted by Crippen LogP contribution is -2.46. The Bertz CT molecular complexity index is 1030. The van der Waals surface area contributed by atoms with Crippen LogP contribution in [-0.2, 0) is 16.6 Å². The fourth-order valence-electron chi connectivity index (χ4n) is 4.16. The molecular formula is C24H34N4O4. The first kappa shape index (κ1) is 23.8. The SMILES string of the molecule is Cc1c(N2CCC(C(=O)NCCCOC(C)C)CC2)c(=O)n(C)c(=O)n1-c1ccccc1. The summed E-state index contributed by atoms with van der Waals surface area (Å²) in [5, 5.41) is 3.00. The number of piperidine rings is 1. The predicted octanol–water partition coefficient (Wildman–Crippen LogP) is 1.99. The Morgan fingerprint density at radius 2 is 1.81 bits per heavy atom. The molecule has 0 unspecified atom stereocenters. The highest BCUT2D eigenvalue weighted by molar-refractivity contribution is 5.79. The van der Waals surface area contributed by atoms with E-state index in [1.54, 1.807) is 4.57 Å². The second-order valence-corrected chi connectivity index (χ2v) is 8.58. The van der Waals surface area contributed by atoms with Crippen molar-refractivity contribution in [1.82, 2.24) is 14.5 Å². The number of amides is 1. The van der Waals surface area contributed by atoms with E-state index in [2.05, 4.69) is 5.32 Å². The topological polar surface area (TPSA) is 85.6 Å². The lowest BCUT2D eigenvalue weighted by atomic mass is 9.95. The molecule has 8 heteroatoms.